The third-order valence-corrected chi connectivity index (χ3v) is 5.85. The molecule has 8 heteroatoms. The summed E-state index contributed by atoms with van der Waals surface area (Å²) in [6, 6.07) is 16.2. The lowest BCUT2D eigenvalue weighted by Crippen LogP contribution is -2.31. The van der Waals surface area contributed by atoms with Crippen LogP contribution in [-0.2, 0) is 23.0 Å². The van der Waals surface area contributed by atoms with Gasteiger partial charge in [-0.1, -0.05) is 48.5 Å². The van der Waals surface area contributed by atoms with Gasteiger partial charge in [-0.25, -0.2) is 13.3 Å². The summed E-state index contributed by atoms with van der Waals surface area (Å²) in [6.07, 6.45) is 2.48. The van der Waals surface area contributed by atoms with Gasteiger partial charge in [0, 0.05) is 12.6 Å². The molecule has 0 aliphatic heterocycles. The Kier molecular flexibility index (Phi) is 6.35. The van der Waals surface area contributed by atoms with Gasteiger partial charge in [0.25, 0.3) is 0 Å². The van der Waals surface area contributed by atoms with Gasteiger partial charge in [0.2, 0.25) is 15.5 Å². The van der Waals surface area contributed by atoms with E-state index in [-0.39, 0.29) is 18.8 Å². The van der Waals surface area contributed by atoms with Gasteiger partial charge in [-0.2, -0.15) is 4.31 Å². The first-order valence-electron chi connectivity index (χ1n) is 9.09. The van der Waals surface area contributed by atoms with Crippen LogP contribution >= 0.6 is 0 Å². The molecule has 0 saturated carbocycles. The second-order valence-corrected chi connectivity index (χ2v) is 8.78. The maximum absolute atomic E-state index is 12.1. The third-order valence-electron chi connectivity index (χ3n) is 4.60. The van der Waals surface area contributed by atoms with Gasteiger partial charge in [0.15, 0.2) is 11.4 Å². The van der Waals surface area contributed by atoms with Crippen molar-refractivity contribution in [2.24, 2.45) is 0 Å². The largest absolute Gasteiger partial charge is 0.502 e. The number of rotatable bonds is 7. The highest BCUT2D eigenvalue weighted by molar-refractivity contribution is 7.88. The van der Waals surface area contributed by atoms with Crippen LogP contribution in [0.1, 0.15) is 11.3 Å². The first kappa shape index (κ1) is 21.3. The Bertz CT molecular complexity index is 1220. The monoisotopic (exact) mass is 424 g/mol. The van der Waals surface area contributed by atoms with Gasteiger partial charge < -0.3 is 9.52 Å². The van der Waals surface area contributed by atoms with E-state index >= 15 is 0 Å². The van der Waals surface area contributed by atoms with Gasteiger partial charge in [-0.15, -0.1) is 0 Å². The fourth-order valence-corrected chi connectivity index (χ4v) is 3.69. The highest BCUT2D eigenvalue weighted by Gasteiger charge is 2.18. The number of hydrogen-bond donors (Lipinski definition) is 1. The molecule has 0 saturated heterocycles. The van der Waals surface area contributed by atoms with E-state index < -0.39 is 21.2 Å². The molecule has 154 valence electrons. The van der Waals surface area contributed by atoms with Crippen LogP contribution in [0.4, 0.5) is 5.69 Å². The van der Waals surface area contributed by atoms with Crippen LogP contribution in [0, 0.1) is 6.57 Å². The van der Waals surface area contributed by atoms with Crippen LogP contribution in [0.25, 0.3) is 16.0 Å². The van der Waals surface area contributed by atoms with Crippen molar-refractivity contribution in [3.05, 3.63) is 93.8 Å². The van der Waals surface area contributed by atoms with Crippen LogP contribution in [0.15, 0.2) is 70.1 Å². The summed E-state index contributed by atoms with van der Waals surface area (Å²) in [4.78, 5) is 14.9. The van der Waals surface area contributed by atoms with Crippen molar-refractivity contribution in [2.75, 3.05) is 12.8 Å². The third kappa shape index (κ3) is 5.35. The molecule has 0 radical (unpaired) electrons. The Labute approximate surface area is 174 Å². The van der Waals surface area contributed by atoms with Gasteiger partial charge in [-0.3, -0.25) is 4.79 Å². The molecule has 0 spiro atoms. The molecule has 0 fully saturated rings. The first-order chi connectivity index (χ1) is 14.3. The zero-order valence-corrected chi connectivity index (χ0v) is 17.1. The molecule has 0 atom stereocenters. The molecular weight excluding hydrogens is 404 g/mol. The maximum Gasteiger partial charge on any atom is 0.226 e. The van der Waals surface area contributed by atoms with E-state index in [0.717, 1.165) is 35.3 Å². The van der Waals surface area contributed by atoms with Crippen molar-refractivity contribution in [1.29, 1.82) is 0 Å². The molecule has 30 heavy (non-hydrogen) atoms. The standard InChI is InChI=1S/C22H20N2O5S/c1-23-19-9-7-18(8-10-19)17-5-3-16(4-6-17)11-12-24(30(2,27)28)14-20-13-21(25)22(26)15-29-20/h3-10,13,15,26H,11-12,14H2,2H3. The van der Waals surface area contributed by atoms with Crippen LogP contribution in [0.2, 0.25) is 0 Å². The van der Waals surface area contributed by atoms with E-state index in [0.29, 0.717) is 12.1 Å². The van der Waals surface area contributed by atoms with Crippen molar-refractivity contribution in [1.82, 2.24) is 4.31 Å². The minimum atomic E-state index is -3.53. The molecule has 0 aliphatic rings. The van der Waals surface area contributed by atoms with E-state index in [1.54, 1.807) is 12.1 Å². The Balaban J connectivity index is 1.70. The van der Waals surface area contributed by atoms with Gasteiger partial charge in [0.1, 0.15) is 12.0 Å². The molecular formula is C22H20N2O5S. The minimum absolute atomic E-state index is 0.0974. The lowest BCUT2D eigenvalue weighted by Gasteiger charge is -2.19. The lowest BCUT2D eigenvalue weighted by atomic mass is 10.0. The smallest absolute Gasteiger partial charge is 0.226 e. The molecule has 0 aliphatic carbocycles. The SMILES string of the molecule is [C-]#[N+]c1ccc(-c2ccc(CCN(Cc3cc(=O)c(O)co3)S(C)(=O)=O)cc2)cc1. The van der Waals surface area contributed by atoms with E-state index in [9.17, 15) is 18.3 Å². The molecule has 0 bridgehead atoms. The van der Waals surface area contributed by atoms with Crippen molar-refractivity contribution < 1.29 is 17.9 Å². The second-order valence-electron chi connectivity index (χ2n) is 6.80. The highest BCUT2D eigenvalue weighted by atomic mass is 32.2. The molecule has 1 heterocycles. The Morgan fingerprint density at radius 1 is 1.07 bits per heavy atom. The second kappa shape index (κ2) is 8.95. The number of hydrogen-bond acceptors (Lipinski definition) is 5. The zero-order chi connectivity index (χ0) is 21.7. The highest BCUT2D eigenvalue weighted by Crippen LogP contribution is 2.23. The van der Waals surface area contributed by atoms with Gasteiger partial charge in [0.05, 0.1) is 19.4 Å². The van der Waals surface area contributed by atoms with Gasteiger partial charge >= 0.3 is 0 Å². The summed E-state index contributed by atoms with van der Waals surface area (Å²) in [7, 11) is -3.53. The summed E-state index contributed by atoms with van der Waals surface area (Å²) in [5, 5.41) is 9.27. The number of sulfonamides is 1. The van der Waals surface area contributed by atoms with Gasteiger partial charge in [-0.05, 0) is 23.1 Å². The van der Waals surface area contributed by atoms with Crippen molar-refractivity contribution in [3.8, 4) is 16.9 Å². The van der Waals surface area contributed by atoms with E-state index in [2.05, 4.69) is 4.85 Å². The van der Waals surface area contributed by atoms with E-state index in [1.807, 2.05) is 36.4 Å². The molecule has 2 aromatic carbocycles. The van der Waals surface area contributed by atoms with Crippen LogP contribution in [0.5, 0.6) is 5.75 Å². The quantitative estimate of drug-likeness (QED) is 0.586. The fourth-order valence-electron chi connectivity index (χ4n) is 2.91. The normalized spacial score (nSPS) is 11.4. The predicted molar refractivity (Wildman–Crippen MR) is 114 cm³/mol. The molecule has 0 unspecified atom stereocenters. The van der Waals surface area contributed by atoms with E-state index in [4.69, 9.17) is 11.0 Å². The average Bonchev–Trinajstić information content (AvgIpc) is 2.73. The predicted octanol–water partition coefficient (Wildman–Crippen LogP) is 3.57. The molecule has 1 aromatic heterocycles. The first-order valence-corrected chi connectivity index (χ1v) is 10.9. The topological polar surface area (TPSA) is 92.2 Å². The molecule has 1 N–H and O–H groups in total. The lowest BCUT2D eigenvalue weighted by molar-refractivity contribution is 0.350. The molecule has 0 amide bonds. The average molecular weight is 424 g/mol. The summed E-state index contributed by atoms with van der Waals surface area (Å²) in [6.45, 7) is 7.12. The zero-order valence-electron chi connectivity index (χ0n) is 16.3. The Morgan fingerprint density at radius 2 is 1.67 bits per heavy atom. The maximum atomic E-state index is 12.1. The molecule has 3 rings (SSSR count). The summed E-state index contributed by atoms with van der Waals surface area (Å²) in [5.74, 6) is -0.366. The van der Waals surface area contributed by atoms with E-state index in [1.165, 1.54) is 4.31 Å². The summed E-state index contributed by atoms with van der Waals surface area (Å²) >= 11 is 0. The Hall–Kier alpha value is -3.41. The Morgan fingerprint density at radius 3 is 2.20 bits per heavy atom. The fraction of sp³-hybridized carbons (Fsp3) is 0.182. The molecule has 3 aromatic rings. The van der Waals surface area contributed by atoms with Crippen molar-refractivity contribution >= 4 is 15.7 Å². The van der Waals surface area contributed by atoms with Crippen LogP contribution in [0.3, 0.4) is 0 Å². The van der Waals surface area contributed by atoms with Crippen LogP contribution in [-0.4, -0.2) is 30.6 Å². The van der Waals surface area contributed by atoms with Crippen molar-refractivity contribution in [2.45, 2.75) is 13.0 Å². The number of aromatic hydroxyl groups is 1. The summed E-state index contributed by atoms with van der Waals surface area (Å²) < 4.78 is 30.6. The molecule has 7 nitrogen and oxygen atoms in total. The van der Waals surface area contributed by atoms with Crippen molar-refractivity contribution in [3.63, 3.8) is 0 Å². The minimum Gasteiger partial charge on any atom is -0.502 e. The number of nitrogens with zero attached hydrogens (tertiary/aromatic N) is 2. The van der Waals surface area contributed by atoms with Crippen LogP contribution < -0.4 is 5.43 Å². The summed E-state index contributed by atoms with van der Waals surface area (Å²) in [5.41, 5.74) is 2.91. The number of benzene rings is 2.